The molecule has 0 spiro atoms. The molecule has 3 heterocycles. The fourth-order valence-electron chi connectivity index (χ4n) is 3.93. The highest BCUT2D eigenvalue weighted by atomic mass is 19.1. The molecule has 0 unspecified atom stereocenters. The van der Waals surface area contributed by atoms with E-state index in [4.69, 9.17) is 4.74 Å². The standard InChI is InChI=1S/C21H22FN3O6/c1-8-14(6-12-11-5-10(22)3-4-13(11)24-19(12)29)23-9(2)16(8)20(30)25-21-18(28)17(27)15(7-26)31-21/h3-6,15,17-18,21,23,26-28H,7H2,1-2H3,(H,24,29)(H,25,30)/t15-,17-,18-,21-/m0/s1. The molecule has 31 heavy (non-hydrogen) atoms. The molecule has 4 atom stereocenters. The Hall–Kier alpha value is -3.05. The first kappa shape index (κ1) is 21.2. The SMILES string of the molecule is Cc1[nH]c(C=C2C(=O)Nc3ccc(F)cc32)c(C)c1C(=O)N[C@H]1O[C@@H](CO)[C@H](O)[C@@H]1O. The number of aliphatic hydroxyl groups is 3. The van der Waals surface area contributed by atoms with Gasteiger partial charge in [0, 0.05) is 22.6 Å². The van der Waals surface area contributed by atoms with Gasteiger partial charge in [0.2, 0.25) is 0 Å². The van der Waals surface area contributed by atoms with Crippen LogP contribution in [0.15, 0.2) is 18.2 Å². The quantitative estimate of drug-likeness (QED) is 0.388. The van der Waals surface area contributed by atoms with Crippen molar-refractivity contribution in [3.05, 3.63) is 52.1 Å². The first-order valence-electron chi connectivity index (χ1n) is 9.66. The summed E-state index contributed by atoms with van der Waals surface area (Å²) in [7, 11) is 0. The zero-order valence-electron chi connectivity index (χ0n) is 16.8. The number of carbonyl (C=O) groups is 2. The van der Waals surface area contributed by atoms with Crippen molar-refractivity contribution in [3.8, 4) is 0 Å². The van der Waals surface area contributed by atoms with Crippen molar-refractivity contribution in [3.63, 3.8) is 0 Å². The summed E-state index contributed by atoms with van der Waals surface area (Å²) in [5, 5.41) is 34.2. The van der Waals surface area contributed by atoms with Crippen molar-refractivity contribution in [1.29, 1.82) is 0 Å². The largest absolute Gasteiger partial charge is 0.394 e. The van der Waals surface area contributed by atoms with E-state index in [0.29, 0.717) is 28.2 Å². The molecule has 1 aromatic heterocycles. The van der Waals surface area contributed by atoms with Gasteiger partial charge in [0.25, 0.3) is 11.8 Å². The summed E-state index contributed by atoms with van der Waals surface area (Å²) in [4.78, 5) is 28.2. The summed E-state index contributed by atoms with van der Waals surface area (Å²) >= 11 is 0. The summed E-state index contributed by atoms with van der Waals surface area (Å²) in [6.45, 7) is 2.85. The number of hydrogen-bond donors (Lipinski definition) is 6. The molecule has 2 aliphatic rings. The van der Waals surface area contributed by atoms with Gasteiger partial charge >= 0.3 is 0 Å². The van der Waals surface area contributed by atoms with Gasteiger partial charge in [0.15, 0.2) is 6.23 Å². The lowest BCUT2D eigenvalue weighted by atomic mass is 10.0. The summed E-state index contributed by atoms with van der Waals surface area (Å²) in [6.07, 6.45) is -3.37. The number of nitrogens with one attached hydrogen (secondary N) is 3. The number of aromatic nitrogens is 1. The van der Waals surface area contributed by atoms with Crippen molar-refractivity contribution in [1.82, 2.24) is 10.3 Å². The van der Waals surface area contributed by atoms with Crippen LogP contribution in [-0.2, 0) is 9.53 Å². The van der Waals surface area contributed by atoms with Crippen LogP contribution < -0.4 is 10.6 Å². The van der Waals surface area contributed by atoms with Crippen LogP contribution in [0, 0.1) is 19.7 Å². The minimum absolute atomic E-state index is 0.259. The van der Waals surface area contributed by atoms with Crippen LogP contribution in [0.1, 0.15) is 32.9 Å². The maximum Gasteiger partial charge on any atom is 0.256 e. The highest BCUT2D eigenvalue weighted by Crippen LogP contribution is 2.34. The van der Waals surface area contributed by atoms with Gasteiger partial charge in [0.1, 0.15) is 24.1 Å². The molecule has 0 bridgehead atoms. The minimum atomic E-state index is -1.39. The maximum atomic E-state index is 13.7. The Balaban J connectivity index is 1.62. The van der Waals surface area contributed by atoms with Crippen LogP contribution in [-0.4, -0.2) is 63.3 Å². The van der Waals surface area contributed by atoms with Crippen molar-refractivity contribution in [2.45, 2.75) is 38.4 Å². The number of anilines is 1. The summed E-state index contributed by atoms with van der Waals surface area (Å²) in [5.41, 5.74) is 3.00. The zero-order chi connectivity index (χ0) is 22.4. The number of aryl methyl sites for hydroxylation is 1. The predicted molar refractivity (Wildman–Crippen MR) is 108 cm³/mol. The van der Waals surface area contributed by atoms with E-state index in [1.807, 2.05) is 0 Å². The van der Waals surface area contributed by atoms with E-state index in [-0.39, 0.29) is 17.0 Å². The van der Waals surface area contributed by atoms with Gasteiger partial charge in [-0.2, -0.15) is 0 Å². The summed E-state index contributed by atoms with van der Waals surface area (Å²) in [5.74, 6) is -1.42. The highest BCUT2D eigenvalue weighted by molar-refractivity contribution is 6.34. The van der Waals surface area contributed by atoms with E-state index in [1.54, 1.807) is 19.9 Å². The van der Waals surface area contributed by atoms with Gasteiger partial charge in [-0.25, -0.2) is 4.39 Å². The van der Waals surface area contributed by atoms with Crippen LogP contribution in [0.25, 0.3) is 11.6 Å². The Morgan fingerprint density at radius 3 is 2.71 bits per heavy atom. The molecular weight excluding hydrogens is 409 g/mol. The van der Waals surface area contributed by atoms with Gasteiger partial charge in [-0.15, -0.1) is 0 Å². The van der Waals surface area contributed by atoms with Crippen LogP contribution in [0.2, 0.25) is 0 Å². The Kier molecular flexibility index (Phi) is 5.40. The number of halogens is 1. The minimum Gasteiger partial charge on any atom is -0.394 e. The molecule has 4 rings (SSSR count). The molecule has 1 aromatic carbocycles. The first-order valence-corrected chi connectivity index (χ1v) is 9.66. The van der Waals surface area contributed by atoms with E-state index < -0.39 is 42.9 Å². The molecule has 164 valence electrons. The first-order chi connectivity index (χ1) is 14.7. The third kappa shape index (κ3) is 3.63. The Labute approximate surface area is 176 Å². The third-order valence-electron chi connectivity index (χ3n) is 5.57. The van der Waals surface area contributed by atoms with Crippen LogP contribution in [0.3, 0.4) is 0 Å². The summed E-state index contributed by atoms with van der Waals surface area (Å²) in [6, 6.07) is 4.00. The lowest BCUT2D eigenvalue weighted by Crippen LogP contribution is -2.44. The van der Waals surface area contributed by atoms with Crippen molar-refractivity contribution in [2.75, 3.05) is 11.9 Å². The molecule has 0 saturated carbocycles. The fourth-order valence-corrected chi connectivity index (χ4v) is 3.93. The molecule has 2 aromatic rings. The number of hydrogen-bond acceptors (Lipinski definition) is 6. The number of fused-ring (bicyclic) bond motifs is 1. The highest BCUT2D eigenvalue weighted by Gasteiger charge is 2.43. The Morgan fingerprint density at radius 1 is 1.29 bits per heavy atom. The second-order valence-corrected chi connectivity index (χ2v) is 7.60. The summed E-state index contributed by atoms with van der Waals surface area (Å²) < 4.78 is 19.0. The van der Waals surface area contributed by atoms with E-state index in [9.17, 15) is 29.3 Å². The molecule has 1 fully saturated rings. The third-order valence-corrected chi connectivity index (χ3v) is 5.57. The van der Waals surface area contributed by atoms with Gasteiger partial charge in [-0.1, -0.05) is 0 Å². The Morgan fingerprint density at radius 2 is 2.03 bits per heavy atom. The van der Waals surface area contributed by atoms with Crippen LogP contribution >= 0.6 is 0 Å². The van der Waals surface area contributed by atoms with Crippen molar-refractivity contribution in [2.24, 2.45) is 0 Å². The molecule has 1 saturated heterocycles. The van der Waals surface area contributed by atoms with Gasteiger partial charge < -0.3 is 35.7 Å². The monoisotopic (exact) mass is 431 g/mol. The van der Waals surface area contributed by atoms with E-state index >= 15 is 0 Å². The maximum absolute atomic E-state index is 13.7. The van der Waals surface area contributed by atoms with Gasteiger partial charge in [-0.05, 0) is 43.7 Å². The molecule has 6 N–H and O–H groups in total. The zero-order valence-corrected chi connectivity index (χ0v) is 16.8. The second kappa shape index (κ2) is 7.89. The topological polar surface area (TPSA) is 144 Å². The normalized spacial score (nSPS) is 26.3. The number of aromatic amines is 1. The molecule has 2 amide bonds. The fraction of sp³-hybridized carbons (Fsp3) is 0.333. The molecular formula is C21H22FN3O6. The molecule has 9 nitrogen and oxygen atoms in total. The predicted octanol–water partition coefficient (Wildman–Crippen LogP) is 0.432. The number of benzene rings is 1. The van der Waals surface area contributed by atoms with Crippen LogP contribution in [0.4, 0.5) is 10.1 Å². The average Bonchev–Trinajstić information content (AvgIpc) is 3.28. The molecule has 2 aliphatic heterocycles. The number of ether oxygens (including phenoxy) is 1. The van der Waals surface area contributed by atoms with E-state index in [2.05, 4.69) is 15.6 Å². The van der Waals surface area contributed by atoms with E-state index in [0.717, 1.165) is 0 Å². The lowest BCUT2D eigenvalue weighted by molar-refractivity contribution is -0.110. The van der Waals surface area contributed by atoms with E-state index in [1.165, 1.54) is 18.2 Å². The second-order valence-electron chi connectivity index (χ2n) is 7.60. The van der Waals surface area contributed by atoms with Gasteiger partial charge in [-0.3, -0.25) is 9.59 Å². The smallest absolute Gasteiger partial charge is 0.256 e. The average molecular weight is 431 g/mol. The van der Waals surface area contributed by atoms with Gasteiger partial charge in [0.05, 0.1) is 17.7 Å². The Bertz CT molecular complexity index is 1100. The van der Waals surface area contributed by atoms with Crippen molar-refractivity contribution >= 4 is 29.2 Å². The molecule has 0 radical (unpaired) electrons. The lowest BCUT2D eigenvalue weighted by Gasteiger charge is -2.16. The number of aliphatic hydroxyl groups excluding tert-OH is 3. The number of H-pyrrole nitrogens is 1. The number of carbonyl (C=O) groups excluding carboxylic acids is 2. The number of rotatable bonds is 4. The van der Waals surface area contributed by atoms with Crippen LogP contribution in [0.5, 0.6) is 0 Å². The molecule has 0 aliphatic carbocycles. The number of amides is 2. The van der Waals surface area contributed by atoms with Crippen molar-refractivity contribution < 1.29 is 34.0 Å². The molecule has 10 heteroatoms.